The molecule has 3 aliphatic heterocycles. The van der Waals surface area contributed by atoms with Crippen LogP contribution in [0.25, 0.3) is 0 Å². The molecule has 0 spiro atoms. The molecular weight excluding hydrogens is 1430 g/mol. The normalized spacial score (nSPS) is 25.0. The molecule has 0 bridgehead atoms. The van der Waals surface area contributed by atoms with E-state index < -0.39 is 219 Å². The van der Waals surface area contributed by atoms with Crippen LogP contribution in [0.3, 0.4) is 0 Å². The molecule has 0 radical (unpaired) electrons. The van der Waals surface area contributed by atoms with E-state index in [-0.39, 0.29) is 95.0 Å². The second kappa shape index (κ2) is 40.5. The Balaban J connectivity index is 1.02. The minimum Gasteiger partial charge on any atom is -0.463 e. The van der Waals surface area contributed by atoms with Crippen LogP contribution >= 0.6 is 0 Å². The largest absolute Gasteiger partial charge is 0.463 e. The van der Waals surface area contributed by atoms with E-state index in [9.17, 15) is 106 Å². The zero-order chi connectivity index (χ0) is 77.5. The number of amides is 4. The lowest BCUT2D eigenvalue weighted by atomic mass is 9.96. The molecule has 3 aromatic heterocycles. The molecular formula is C64H91F5N13O24+. The van der Waals surface area contributed by atoms with Crippen LogP contribution in [-0.2, 0) is 86.2 Å². The number of carbonyl (C=O) groups excluding carboxylic acids is 8. The van der Waals surface area contributed by atoms with Crippen LogP contribution in [0, 0.1) is 29.1 Å². The Morgan fingerprint density at radius 3 is 1.24 bits per heavy atom. The van der Waals surface area contributed by atoms with Crippen molar-refractivity contribution in [3.05, 3.63) is 65.3 Å². The highest BCUT2D eigenvalue weighted by Gasteiger charge is 2.50. The number of hydrogen-bond donors (Lipinski definition) is 13. The molecule has 1 aromatic carbocycles. The Bertz CT molecular complexity index is 3300. The fourth-order valence-electron chi connectivity index (χ4n) is 12.0. The van der Waals surface area contributed by atoms with Crippen molar-refractivity contribution in [1.29, 1.82) is 0 Å². The number of aliphatic hydroxyl groups is 9. The molecule has 3 aliphatic rings. The summed E-state index contributed by atoms with van der Waals surface area (Å²) >= 11 is 0. The van der Waals surface area contributed by atoms with E-state index in [0.717, 1.165) is 9.36 Å². The third-order valence-electron chi connectivity index (χ3n) is 17.6. The Morgan fingerprint density at radius 2 is 0.840 bits per heavy atom. The number of aliphatic hydroxyl groups excluding tert-OH is 9. The molecule has 590 valence electrons. The van der Waals surface area contributed by atoms with Gasteiger partial charge in [-0.15, -0.1) is 19.6 Å². The number of nitrogens with zero attached hydrogens (tertiary/aromatic N) is 9. The Morgan fingerprint density at radius 1 is 0.481 bits per heavy atom. The van der Waals surface area contributed by atoms with Gasteiger partial charge in [0.2, 0.25) is 64.7 Å². The van der Waals surface area contributed by atoms with Crippen LogP contribution in [0.1, 0.15) is 154 Å². The van der Waals surface area contributed by atoms with Gasteiger partial charge in [0.25, 0.3) is 0 Å². The average molecular weight is 1520 g/mol. The van der Waals surface area contributed by atoms with Gasteiger partial charge >= 0.3 is 23.9 Å². The molecule has 3 fully saturated rings. The maximum absolute atomic E-state index is 14.1. The predicted octanol–water partition coefficient (Wildman–Crippen LogP) is -2.79. The zero-order valence-electron chi connectivity index (χ0n) is 58.2. The fourth-order valence-corrected chi connectivity index (χ4v) is 12.0. The highest BCUT2D eigenvalue weighted by Crippen LogP contribution is 2.33. The third-order valence-corrected chi connectivity index (χ3v) is 17.6. The fraction of sp³-hybridized carbons (Fsp3) is 0.688. The number of carbonyl (C=O) groups is 8. The summed E-state index contributed by atoms with van der Waals surface area (Å²) in [6.45, 7) is -0.798. The van der Waals surface area contributed by atoms with Gasteiger partial charge in [-0.05, 0) is 44.9 Å². The lowest BCUT2D eigenvalue weighted by Gasteiger charge is -2.42. The third kappa shape index (κ3) is 23.5. The molecule has 7 rings (SSSR count). The number of hydrogen-bond acceptors (Lipinski definition) is 29. The molecule has 37 nitrogen and oxygen atoms in total. The maximum Gasteiger partial charge on any atom is 0.311 e. The monoisotopic (exact) mass is 1520 g/mol. The standard InChI is InChI=1S/C64H90F5N13O24/c1-33(86)70-51-57(97)54(94)38(27-83)103-61(51)80-24-23-79(78-80)22-14-21-44(92)102-32-64(30-100-42(90)19-12-15-36-25-81(76-74-36)62-52(71-34(2)87)58(98)55(95)39(28-84)104-62,31-101-43(91)20-13-16-37-26-82(77-75-37)63-53(72-35(3)88)59(99)56(96)40(29-85)105-63)73-41(89)17-10-8-6-4-5-7-9-11-18-45(93)106-60-49(68)47(66)46(65)48(67)50(60)69/h23-26,38-40,51-59,61-63,83-85,94-99H,4-22,27-32H2,1-3H3,(H3-,70,71,72,73,86,87,88,89)/p+1/t38-,39-,40-,51-,52-,53-,54+,55+,56+,57-,58-,59-,61-,62-,63-/m1/s1. The lowest BCUT2D eigenvalue weighted by Crippen LogP contribution is -2.62. The number of unbranched alkanes of at least 4 members (excludes halogenated alkanes) is 7. The van der Waals surface area contributed by atoms with Crippen molar-refractivity contribution in [3.63, 3.8) is 0 Å². The number of nitrogens with one attached hydrogen (secondary N) is 4. The molecule has 4 aromatic rings. The van der Waals surface area contributed by atoms with Gasteiger partial charge in [-0.3, -0.25) is 38.4 Å². The van der Waals surface area contributed by atoms with Crippen LogP contribution in [0.15, 0.2) is 24.8 Å². The van der Waals surface area contributed by atoms with E-state index in [4.69, 9.17) is 28.4 Å². The average Bonchev–Trinajstić information content (AvgIpc) is 1.23. The first-order valence-corrected chi connectivity index (χ1v) is 34.4. The number of esters is 4. The van der Waals surface area contributed by atoms with E-state index in [2.05, 4.69) is 51.8 Å². The Hall–Kier alpha value is -8.43. The van der Waals surface area contributed by atoms with Gasteiger partial charge in [-0.25, -0.2) is 22.5 Å². The summed E-state index contributed by atoms with van der Waals surface area (Å²) < 4.78 is 113. The number of aromatic nitrogens is 9. The molecule has 4 amide bonds. The van der Waals surface area contributed by atoms with E-state index >= 15 is 0 Å². The second-order valence-corrected chi connectivity index (χ2v) is 26.0. The molecule has 13 N–H and O–H groups in total. The number of aryl methyl sites for hydroxylation is 3. The number of halogens is 5. The second-order valence-electron chi connectivity index (χ2n) is 26.0. The van der Waals surface area contributed by atoms with Crippen molar-refractivity contribution in [1.82, 2.24) is 61.2 Å². The zero-order valence-corrected chi connectivity index (χ0v) is 58.2. The van der Waals surface area contributed by atoms with Crippen molar-refractivity contribution < 1.29 is 144 Å². The first kappa shape index (κ1) is 84.8. The minimum absolute atomic E-state index is 0.0436. The van der Waals surface area contributed by atoms with Gasteiger partial charge in [0, 0.05) is 52.9 Å². The summed E-state index contributed by atoms with van der Waals surface area (Å²) in [7, 11) is 0. The van der Waals surface area contributed by atoms with Gasteiger partial charge < -0.3 is 100 Å². The Kier molecular flexibility index (Phi) is 32.4. The van der Waals surface area contributed by atoms with E-state index in [1.807, 2.05) is 0 Å². The van der Waals surface area contributed by atoms with Crippen LogP contribution in [0.2, 0.25) is 0 Å². The van der Waals surface area contributed by atoms with E-state index in [1.165, 1.54) is 54.9 Å². The highest BCUT2D eigenvalue weighted by molar-refractivity contribution is 5.78. The van der Waals surface area contributed by atoms with Gasteiger partial charge in [-0.2, -0.15) is 8.78 Å². The lowest BCUT2D eigenvalue weighted by molar-refractivity contribution is -0.756. The molecule has 0 aliphatic carbocycles. The topological polar surface area (TPSA) is 514 Å². The summed E-state index contributed by atoms with van der Waals surface area (Å²) in [4.78, 5) is 104. The SMILES string of the molecule is CC(=O)N[C@@H]1[C@@H](O)[C@@H](O)[C@@H](CO)O[C@H]1n1cc(CCCC(=O)OCC(COC(=O)CCCc2cn([C@@H]3O[C@H](CO)[C@H](O)[C@H](O)[C@H]3NC(C)=O)nn2)(COC(=O)CCC[n+]2ccn([C@@H]3O[C@H](CO)[C@H](O)[C@H](O)[C@H]3NC(C)=O)n2)NC(=O)CCCCCCCCCCC(=O)Oc2c(F)c(F)c(F)c(F)c2F)nn1. The minimum atomic E-state index is -2.41. The molecule has 3 saturated heterocycles. The van der Waals surface area contributed by atoms with Crippen molar-refractivity contribution >= 4 is 47.5 Å². The first-order valence-electron chi connectivity index (χ1n) is 34.4. The Labute approximate surface area is 601 Å². The van der Waals surface area contributed by atoms with Gasteiger partial charge in [-0.1, -0.05) is 49.0 Å². The van der Waals surface area contributed by atoms with Gasteiger partial charge in [0.1, 0.15) is 105 Å². The van der Waals surface area contributed by atoms with E-state index in [1.54, 1.807) is 0 Å². The van der Waals surface area contributed by atoms with Gasteiger partial charge in [0.15, 0.2) is 24.8 Å². The van der Waals surface area contributed by atoms with Crippen molar-refractivity contribution in [2.45, 2.75) is 240 Å². The summed E-state index contributed by atoms with van der Waals surface area (Å²) in [6, 6.07) is -3.68. The van der Waals surface area contributed by atoms with Crippen LogP contribution in [0.4, 0.5) is 22.0 Å². The van der Waals surface area contributed by atoms with Crippen LogP contribution in [-0.4, -0.2) is 252 Å². The molecule has 106 heavy (non-hydrogen) atoms. The molecule has 0 saturated carbocycles. The molecule has 15 atom stereocenters. The smallest absolute Gasteiger partial charge is 0.311 e. The quantitative estimate of drug-likeness (QED) is 0.00313. The first-order chi connectivity index (χ1) is 50.5. The van der Waals surface area contributed by atoms with Crippen LogP contribution < -0.4 is 30.7 Å². The maximum atomic E-state index is 14.1. The summed E-state index contributed by atoms with van der Waals surface area (Å²) in [5.74, 6) is -19.4. The van der Waals surface area contributed by atoms with Crippen molar-refractivity contribution in [2.75, 3.05) is 39.6 Å². The van der Waals surface area contributed by atoms with Crippen molar-refractivity contribution in [2.24, 2.45) is 0 Å². The van der Waals surface area contributed by atoms with Crippen LogP contribution in [0.5, 0.6) is 5.75 Å². The highest BCUT2D eigenvalue weighted by atomic mass is 19.2. The summed E-state index contributed by atoms with van der Waals surface area (Å²) in [5, 5.41) is 124. The van der Waals surface area contributed by atoms with Crippen molar-refractivity contribution in [3.8, 4) is 5.75 Å². The predicted molar refractivity (Wildman–Crippen MR) is 341 cm³/mol. The summed E-state index contributed by atoms with van der Waals surface area (Å²) in [6.07, 6.45) is -8.74. The number of benzene rings is 1. The molecule has 6 heterocycles. The number of ether oxygens (including phenoxy) is 7. The number of rotatable bonds is 40. The molecule has 0 unspecified atom stereocenters. The molecule has 42 heteroatoms. The van der Waals surface area contributed by atoms with Gasteiger partial charge in [0.05, 0.1) is 48.8 Å². The summed E-state index contributed by atoms with van der Waals surface area (Å²) in [5.41, 5.74) is -1.42. The van der Waals surface area contributed by atoms with E-state index in [0.29, 0.717) is 38.5 Å².